The lowest BCUT2D eigenvalue weighted by molar-refractivity contribution is -0.218. The van der Waals surface area contributed by atoms with Crippen LogP contribution in [0.15, 0.2) is 41.7 Å². The van der Waals surface area contributed by atoms with E-state index in [1.165, 1.54) is 20.8 Å². The molecule has 5 atom stereocenters. The number of carbonyl (C=O) groups excluding carboxylic acids is 5. The van der Waals surface area contributed by atoms with Gasteiger partial charge in [0.05, 0.1) is 5.57 Å². The Morgan fingerprint density at radius 3 is 1.57 bits per heavy atom. The number of rotatable bonds is 28. The van der Waals surface area contributed by atoms with Crippen LogP contribution in [0.1, 0.15) is 143 Å². The molecule has 0 heterocycles. The molecule has 0 aliphatic rings. The van der Waals surface area contributed by atoms with Crippen molar-refractivity contribution in [1.82, 2.24) is 0 Å². The van der Waals surface area contributed by atoms with Gasteiger partial charge in [-0.15, -0.1) is 0 Å². The van der Waals surface area contributed by atoms with Crippen LogP contribution in [-0.4, -0.2) is 70.7 Å². The Bertz CT molecular complexity index is 1260. The molecule has 53 heavy (non-hydrogen) atoms. The minimum absolute atomic E-state index is 0.0118. The van der Waals surface area contributed by atoms with Crippen LogP contribution in [0.5, 0.6) is 0 Å². The van der Waals surface area contributed by atoms with E-state index in [1.54, 1.807) is 24.3 Å². The standard InChI is InChI=1S/C40H62O13/c1-7-10-13-19-24-32(41)35(53-47)28(4)36(42)51-33(25-20-14-11-8-2)39(45)50-30(6)38(44)52-34(26-21-15-12-9-3)40(46)49-29(5)37(43)48-27-31-22-17-16-18-23-31/h16-18,22-23,29-30,32-34,41,47H,7-15,19-21,24-27H2,1-6H3. The molecule has 0 aromatic heterocycles. The van der Waals surface area contributed by atoms with Gasteiger partial charge >= 0.3 is 29.8 Å². The number of benzene rings is 1. The van der Waals surface area contributed by atoms with Crippen LogP contribution >= 0.6 is 0 Å². The minimum atomic E-state index is -1.50. The molecule has 1 aromatic rings. The SMILES string of the molecule is CCCCCCC(O)C(OO)=C(C)C(=O)OC(CCCCCC)C(=O)OC(C)C(=O)OC(CCCCCC)C(=O)OC(C)C(=O)OCc1ccccc1. The molecule has 0 amide bonds. The Labute approximate surface area is 314 Å². The zero-order valence-electron chi connectivity index (χ0n) is 32.5. The first-order valence-electron chi connectivity index (χ1n) is 19.1. The van der Waals surface area contributed by atoms with Crippen molar-refractivity contribution in [3.05, 3.63) is 47.2 Å². The Kier molecular flexibility index (Phi) is 24.5. The highest BCUT2D eigenvalue weighted by Gasteiger charge is 2.34. The maximum absolute atomic E-state index is 13.3. The van der Waals surface area contributed by atoms with Crippen molar-refractivity contribution >= 4 is 29.8 Å². The quantitative estimate of drug-likeness (QED) is 0.0164. The summed E-state index contributed by atoms with van der Waals surface area (Å²) in [6.45, 7) is 9.99. The topological polar surface area (TPSA) is 181 Å². The fraction of sp³-hybridized carbons (Fsp3) is 0.675. The van der Waals surface area contributed by atoms with Crippen LogP contribution in [0.25, 0.3) is 0 Å². The summed E-state index contributed by atoms with van der Waals surface area (Å²) >= 11 is 0. The Hall–Kier alpha value is -3.97. The second-order valence-electron chi connectivity index (χ2n) is 13.2. The maximum Gasteiger partial charge on any atom is 0.348 e. The highest BCUT2D eigenvalue weighted by atomic mass is 17.1. The number of ether oxygens (including phenoxy) is 5. The van der Waals surface area contributed by atoms with E-state index < -0.39 is 60.4 Å². The van der Waals surface area contributed by atoms with Gasteiger partial charge in [0.1, 0.15) is 12.7 Å². The van der Waals surface area contributed by atoms with Crippen molar-refractivity contribution in [2.24, 2.45) is 0 Å². The number of esters is 5. The first-order chi connectivity index (χ1) is 25.4. The summed E-state index contributed by atoms with van der Waals surface area (Å²) in [5.41, 5.74) is 0.531. The van der Waals surface area contributed by atoms with Crippen molar-refractivity contribution in [2.75, 3.05) is 0 Å². The molecule has 1 aromatic carbocycles. The van der Waals surface area contributed by atoms with Gasteiger partial charge in [-0.3, -0.25) is 0 Å². The summed E-state index contributed by atoms with van der Waals surface area (Å²) < 4.78 is 26.9. The molecule has 5 unspecified atom stereocenters. The highest BCUT2D eigenvalue weighted by molar-refractivity contribution is 5.91. The monoisotopic (exact) mass is 750 g/mol. The summed E-state index contributed by atoms with van der Waals surface area (Å²) in [5.74, 6) is -5.17. The van der Waals surface area contributed by atoms with Gasteiger partial charge in [0.2, 0.25) is 0 Å². The zero-order valence-corrected chi connectivity index (χ0v) is 32.5. The largest absolute Gasteiger partial charge is 0.458 e. The normalized spacial score (nSPS) is 14.4. The van der Waals surface area contributed by atoms with E-state index >= 15 is 0 Å². The van der Waals surface area contributed by atoms with E-state index in [0.717, 1.165) is 63.4 Å². The van der Waals surface area contributed by atoms with Crippen molar-refractivity contribution < 1.29 is 62.9 Å². The number of carbonyl (C=O) groups is 5. The van der Waals surface area contributed by atoms with E-state index in [0.29, 0.717) is 19.3 Å². The fourth-order valence-electron chi connectivity index (χ4n) is 5.23. The van der Waals surface area contributed by atoms with Crippen molar-refractivity contribution in [3.8, 4) is 0 Å². The van der Waals surface area contributed by atoms with E-state index in [2.05, 4.69) is 4.89 Å². The summed E-state index contributed by atoms with van der Waals surface area (Å²) in [7, 11) is 0. The van der Waals surface area contributed by atoms with Gasteiger partial charge in [-0.1, -0.05) is 115 Å². The Morgan fingerprint density at radius 1 is 0.604 bits per heavy atom. The molecule has 2 N–H and O–H groups in total. The van der Waals surface area contributed by atoms with Gasteiger partial charge < -0.3 is 33.7 Å². The predicted molar refractivity (Wildman–Crippen MR) is 196 cm³/mol. The van der Waals surface area contributed by atoms with Crippen LogP contribution in [0.3, 0.4) is 0 Å². The van der Waals surface area contributed by atoms with Gasteiger partial charge in [0.25, 0.3) is 0 Å². The molecule has 0 fully saturated rings. The zero-order chi connectivity index (χ0) is 39.6. The molecule has 300 valence electrons. The third-order valence-electron chi connectivity index (χ3n) is 8.55. The van der Waals surface area contributed by atoms with Crippen molar-refractivity contribution in [2.45, 2.75) is 175 Å². The Morgan fingerprint density at radius 2 is 1.08 bits per heavy atom. The van der Waals surface area contributed by atoms with Gasteiger partial charge in [0.15, 0.2) is 30.2 Å². The summed E-state index contributed by atoms with van der Waals surface area (Å²) in [5, 5.41) is 20.0. The second kappa shape index (κ2) is 27.6. The van der Waals surface area contributed by atoms with Gasteiger partial charge in [0, 0.05) is 0 Å². The van der Waals surface area contributed by atoms with Crippen molar-refractivity contribution in [1.29, 1.82) is 0 Å². The lowest BCUT2D eigenvalue weighted by Crippen LogP contribution is -2.39. The molecular formula is C40H62O13. The molecule has 13 heteroatoms. The fourth-order valence-corrected chi connectivity index (χ4v) is 5.23. The molecule has 0 aliphatic heterocycles. The summed E-state index contributed by atoms with van der Waals surface area (Å²) in [6.07, 6.45) is 3.18. The molecule has 0 bridgehead atoms. The van der Waals surface area contributed by atoms with Gasteiger partial charge in [-0.25, -0.2) is 29.2 Å². The van der Waals surface area contributed by atoms with Crippen LogP contribution in [0, 0.1) is 0 Å². The average molecular weight is 751 g/mol. The Balaban J connectivity index is 3.00. The van der Waals surface area contributed by atoms with E-state index in [-0.39, 0.29) is 37.2 Å². The molecule has 1 rings (SSSR count). The van der Waals surface area contributed by atoms with E-state index in [1.807, 2.05) is 26.8 Å². The summed E-state index contributed by atoms with van der Waals surface area (Å²) in [6, 6.07) is 8.99. The number of unbranched alkanes of at least 4 members (excludes halogenated alkanes) is 9. The number of hydrogen-bond donors (Lipinski definition) is 2. The van der Waals surface area contributed by atoms with E-state index in [9.17, 15) is 34.3 Å². The molecule has 0 saturated heterocycles. The third-order valence-corrected chi connectivity index (χ3v) is 8.55. The lowest BCUT2D eigenvalue weighted by atomic mass is 10.1. The molecular weight excluding hydrogens is 688 g/mol. The lowest BCUT2D eigenvalue weighted by Gasteiger charge is -2.23. The average Bonchev–Trinajstić information content (AvgIpc) is 3.15. The third kappa shape index (κ3) is 19.1. The molecule has 0 saturated carbocycles. The van der Waals surface area contributed by atoms with Crippen LogP contribution in [0.2, 0.25) is 0 Å². The van der Waals surface area contributed by atoms with E-state index in [4.69, 9.17) is 23.7 Å². The number of hydrogen-bond acceptors (Lipinski definition) is 13. The van der Waals surface area contributed by atoms with Gasteiger partial charge in [-0.2, -0.15) is 0 Å². The highest BCUT2D eigenvalue weighted by Crippen LogP contribution is 2.20. The van der Waals surface area contributed by atoms with Crippen LogP contribution in [0.4, 0.5) is 0 Å². The molecule has 0 radical (unpaired) electrons. The first-order valence-corrected chi connectivity index (χ1v) is 19.1. The summed E-state index contributed by atoms with van der Waals surface area (Å²) in [4.78, 5) is 69.6. The number of aliphatic hydroxyl groups excluding tert-OH is 1. The van der Waals surface area contributed by atoms with Crippen LogP contribution < -0.4 is 0 Å². The minimum Gasteiger partial charge on any atom is -0.458 e. The second-order valence-corrected chi connectivity index (χ2v) is 13.2. The smallest absolute Gasteiger partial charge is 0.348 e. The molecule has 0 aliphatic carbocycles. The first kappa shape index (κ1) is 47.1. The van der Waals surface area contributed by atoms with Crippen molar-refractivity contribution in [3.63, 3.8) is 0 Å². The molecule has 0 spiro atoms. The predicted octanol–water partition coefficient (Wildman–Crippen LogP) is 7.45. The molecule has 13 nitrogen and oxygen atoms in total. The number of aliphatic hydroxyl groups is 1. The maximum atomic E-state index is 13.3. The van der Waals surface area contributed by atoms with Gasteiger partial charge in [-0.05, 0) is 58.4 Å². The van der Waals surface area contributed by atoms with Crippen LogP contribution in [-0.2, 0) is 59.2 Å².